The van der Waals surface area contributed by atoms with Crippen molar-refractivity contribution in [1.29, 1.82) is 0 Å². The number of phenolic OH excluding ortho intramolecular Hbond substituents is 2. The van der Waals surface area contributed by atoms with Gasteiger partial charge in [0.05, 0.1) is 22.5 Å². The van der Waals surface area contributed by atoms with Crippen LogP contribution in [0.3, 0.4) is 0 Å². The van der Waals surface area contributed by atoms with Crippen molar-refractivity contribution in [2.75, 3.05) is 13.2 Å². The zero-order valence-electron chi connectivity index (χ0n) is 68.8. The van der Waals surface area contributed by atoms with E-state index in [4.69, 9.17) is 19.4 Å². The number of aromatic nitrogens is 2. The molecule has 2 heterocycles. The van der Waals surface area contributed by atoms with Crippen molar-refractivity contribution in [3.63, 3.8) is 0 Å². The molecule has 2 aromatic heterocycles. The van der Waals surface area contributed by atoms with Crippen molar-refractivity contribution >= 4 is 43.1 Å². The third kappa shape index (κ3) is 17.2. The summed E-state index contributed by atoms with van der Waals surface area (Å²) in [6, 6.07) is 56.9. The van der Waals surface area contributed by atoms with Crippen molar-refractivity contribution in [3.8, 4) is 90.0 Å². The molecule has 0 aliphatic carbocycles. The Morgan fingerprint density at radius 3 is 0.898 bits per heavy atom. The second-order valence-electron chi connectivity index (χ2n) is 37.5. The summed E-state index contributed by atoms with van der Waals surface area (Å²) in [5.74, 6) is 0.219. The van der Waals surface area contributed by atoms with Crippen LogP contribution in [-0.2, 0) is 58.3 Å². The molecule has 564 valence electrons. The maximum atomic E-state index is 16.3. The number of hydrogen-bond donors (Lipinski definition) is 2. The molecule has 0 unspecified atom stereocenters. The summed E-state index contributed by atoms with van der Waals surface area (Å²) >= 11 is 0. The SMILES string of the molecule is CC(C)(C)CC(C)(C)c1cc(-c2cc(F)ccc2[OH+]CCC[OH+]c2ccc(F)cc2-c2cc(C(C)(C)CC(C)(C)C)cc(-c3c4ccc(C(C)(C)C)cc4c(-c4ccccn4)c4ccc(C(C)(C)C)cc34)c2O)c(O)c(-c2c3ccc(C(C)(C)C)cc3c(-c3ccccn3)c3ccc(C(C)(C)C)cc23)c1.[CH3-].[CH3-].[Hf]. The predicted octanol–water partition coefficient (Wildman–Crippen LogP) is 27.9. The summed E-state index contributed by atoms with van der Waals surface area (Å²) in [7, 11) is 0. The molecule has 0 radical (unpaired) electrons. The van der Waals surface area contributed by atoms with Crippen molar-refractivity contribution in [2.24, 2.45) is 10.8 Å². The molecule has 9 heteroatoms. The van der Waals surface area contributed by atoms with Crippen LogP contribution in [0.15, 0.2) is 182 Å². The van der Waals surface area contributed by atoms with Gasteiger partial charge in [0.25, 0.3) is 11.5 Å². The summed E-state index contributed by atoms with van der Waals surface area (Å²) < 4.78 is 43.2. The smallest absolute Gasteiger partial charge is 0.262 e. The first-order valence-electron chi connectivity index (χ1n) is 37.6. The number of aliphatic hydroxyl groups is 2. The Hall–Kier alpha value is -8.53. The maximum absolute atomic E-state index is 16.3. The second kappa shape index (κ2) is 30.7. The van der Waals surface area contributed by atoms with Gasteiger partial charge in [0.15, 0.2) is 13.2 Å². The number of rotatable bonds is 16. The van der Waals surface area contributed by atoms with Crippen LogP contribution in [0.2, 0.25) is 0 Å². The summed E-state index contributed by atoms with van der Waals surface area (Å²) in [6.07, 6.45) is 5.81. The molecule has 12 aromatic rings. The minimum absolute atomic E-state index is 0. The van der Waals surface area contributed by atoms with Crippen LogP contribution in [0.4, 0.5) is 8.78 Å². The molecule has 0 saturated carbocycles. The first kappa shape index (κ1) is 83.5. The van der Waals surface area contributed by atoms with Gasteiger partial charge in [-0.1, -0.05) is 213 Å². The molecular formula is C99H116F2HfN2O4. The van der Waals surface area contributed by atoms with E-state index in [1.54, 1.807) is 12.1 Å². The zero-order valence-corrected chi connectivity index (χ0v) is 72.4. The Labute approximate surface area is 663 Å². The quantitative estimate of drug-likeness (QED) is 0.0331. The van der Waals surface area contributed by atoms with Crippen LogP contribution in [0.25, 0.3) is 110 Å². The summed E-state index contributed by atoms with van der Waals surface area (Å²) in [5, 5.41) is 35.0. The molecule has 0 amide bonds. The summed E-state index contributed by atoms with van der Waals surface area (Å²) in [5.41, 5.74) is 13.7. The Morgan fingerprint density at radius 1 is 0.315 bits per heavy atom. The summed E-state index contributed by atoms with van der Waals surface area (Å²) in [4.78, 5) is 10.0. The molecule has 12 rings (SSSR count). The van der Waals surface area contributed by atoms with Gasteiger partial charge in [0, 0.05) is 94.9 Å². The van der Waals surface area contributed by atoms with Crippen LogP contribution < -0.4 is 0 Å². The van der Waals surface area contributed by atoms with Gasteiger partial charge in [-0.25, -0.2) is 8.78 Å². The Bertz CT molecular complexity index is 4990. The monoisotopic (exact) mass is 1610 g/mol. The normalized spacial score (nSPS) is 12.7. The minimum atomic E-state index is -0.451. The van der Waals surface area contributed by atoms with E-state index in [0.717, 1.165) is 112 Å². The van der Waals surface area contributed by atoms with Gasteiger partial charge in [0.2, 0.25) is 0 Å². The molecule has 0 aliphatic rings. The van der Waals surface area contributed by atoms with Crippen LogP contribution >= 0.6 is 0 Å². The number of nitrogens with zero attached hydrogens (tertiary/aromatic N) is 2. The average Bonchev–Trinajstić information content (AvgIpc) is 0.722. The van der Waals surface area contributed by atoms with Gasteiger partial charge in [-0.2, -0.15) is 0 Å². The number of pyridine rings is 2. The number of hydrogen-bond acceptors (Lipinski definition) is 4. The molecule has 108 heavy (non-hydrogen) atoms. The third-order valence-electron chi connectivity index (χ3n) is 21.2. The van der Waals surface area contributed by atoms with Crippen molar-refractivity contribution in [1.82, 2.24) is 9.97 Å². The number of halogens is 2. The second-order valence-corrected chi connectivity index (χ2v) is 37.5. The predicted molar refractivity (Wildman–Crippen MR) is 454 cm³/mol. The molecule has 0 spiro atoms. The first-order chi connectivity index (χ1) is 49.0. The van der Waals surface area contributed by atoms with E-state index in [0.29, 0.717) is 64.5 Å². The van der Waals surface area contributed by atoms with Crippen molar-refractivity contribution in [3.05, 3.63) is 242 Å². The largest absolute Gasteiger partial charge is 0.582 e. The van der Waals surface area contributed by atoms with Crippen LogP contribution in [0, 0.1) is 37.3 Å². The fraction of sp³-hybridized carbons (Fsp3) is 0.354. The van der Waals surface area contributed by atoms with Gasteiger partial charge in [0.1, 0.15) is 29.6 Å². The molecule has 0 fully saturated rings. The van der Waals surface area contributed by atoms with Gasteiger partial charge < -0.3 is 34.5 Å². The van der Waals surface area contributed by atoms with E-state index >= 15 is 8.78 Å². The van der Waals surface area contributed by atoms with E-state index in [1.165, 1.54) is 35.4 Å². The van der Waals surface area contributed by atoms with E-state index in [2.05, 4.69) is 262 Å². The van der Waals surface area contributed by atoms with Crippen molar-refractivity contribution < 1.29 is 54.3 Å². The number of benzene rings is 10. The first-order valence-corrected chi connectivity index (χ1v) is 37.6. The Balaban J connectivity index is 0.00000449. The molecule has 0 aliphatic heterocycles. The number of phenols is 2. The van der Waals surface area contributed by atoms with Crippen molar-refractivity contribution in [2.45, 2.75) is 204 Å². The maximum Gasteiger partial charge on any atom is 0.262 e. The number of fused-ring (bicyclic) bond motifs is 4. The molecular weight excluding hydrogens is 1500 g/mol. The zero-order chi connectivity index (χ0) is 76.1. The molecule has 10 aromatic carbocycles. The van der Waals surface area contributed by atoms with Crippen LogP contribution in [0.1, 0.15) is 205 Å². The molecule has 0 atom stereocenters. The third-order valence-corrected chi connectivity index (χ3v) is 21.2. The van der Waals surface area contributed by atoms with Gasteiger partial charge >= 0.3 is 0 Å². The van der Waals surface area contributed by atoms with Crippen LogP contribution in [0.5, 0.6) is 23.0 Å². The van der Waals surface area contributed by atoms with Gasteiger partial charge in [-0.05, 0) is 230 Å². The summed E-state index contributed by atoms with van der Waals surface area (Å²) in [6.45, 7) is 50.0. The molecule has 4 N–H and O–H groups in total. The molecule has 0 saturated heterocycles. The molecule has 0 bridgehead atoms. The van der Waals surface area contributed by atoms with E-state index in [1.807, 2.05) is 36.7 Å². The number of aromatic hydroxyl groups is 4. The van der Waals surface area contributed by atoms with E-state index in [9.17, 15) is 10.2 Å². The van der Waals surface area contributed by atoms with E-state index < -0.39 is 22.5 Å². The molecule has 6 nitrogen and oxygen atoms in total. The van der Waals surface area contributed by atoms with Gasteiger partial charge in [-0.15, -0.1) is 0 Å². The average molecular weight is 1610 g/mol. The topological polar surface area (TPSA) is 91.8 Å². The standard InChI is InChI=1S/C97H108F2N2O4.2CH3.Hf/c1-90(2,3)56-96(19,20)62-50-76(88(102)78(52-62)84-66-36-30-60(94(13,14)15)48-74(66)86(80-28-23-25-42-100-80)68-38-32-58(46-72(68)84)92(7,8)9)70-54-64(98)34-40-82(70)104-44-27-45-105-83-41-35-65(99)55-71(83)77-51-63(97(21,22)57-91(4,5)6)53-79(89(77)103)85-67-37-31-61(95(16,17)18)49-75(67)87(81-29-24-26-43-101-81)69-39-33-59(47-73(69)85)93(10,11)12;;;/h23-26,28-43,46-55,102-103H,27,44-45,56-57H2,1-22H3;2*1H3;/q;2*-1;/p+2. The van der Waals surface area contributed by atoms with Crippen LogP contribution in [-0.4, -0.2) is 42.9 Å². The fourth-order valence-corrected chi connectivity index (χ4v) is 16.4. The van der Waals surface area contributed by atoms with E-state index in [-0.39, 0.29) is 84.7 Å². The van der Waals surface area contributed by atoms with Gasteiger partial charge in [-0.3, -0.25) is 9.97 Å². The fourth-order valence-electron chi connectivity index (χ4n) is 16.4. The Kier molecular flexibility index (Phi) is 23.8. The minimum Gasteiger partial charge on any atom is -0.582 e. The number of ether oxygens (including phenoxy) is 2. The Morgan fingerprint density at radius 2 is 0.611 bits per heavy atom.